The van der Waals surface area contributed by atoms with Crippen molar-refractivity contribution in [2.45, 2.75) is 6.92 Å². The average Bonchev–Trinajstić information content (AvgIpc) is 3.05. The minimum absolute atomic E-state index is 0.0309. The predicted molar refractivity (Wildman–Crippen MR) is 82.0 cm³/mol. The van der Waals surface area contributed by atoms with E-state index in [2.05, 4.69) is 22.0 Å². The quantitative estimate of drug-likeness (QED) is 0.943. The molecule has 22 heavy (non-hydrogen) atoms. The van der Waals surface area contributed by atoms with Crippen molar-refractivity contribution in [3.8, 4) is 11.3 Å². The number of rotatable bonds is 3. The van der Waals surface area contributed by atoms with Gasteiger partial charge >= 0.3 is 0 Å². The maximum atomic E-state index is 12.9. The highest BCUT2D eigenvalue weighted by molar-refractivity contribution is 5.93. The van der Waals surface area contributed by atoms with Crippen LogP contribution in [0.3, 0.4) is 0 Å². The van der Waals surface area contributed by atoms with Crippen LogP contribution in [0.25, 0.3) is 11.3 Å². The first-order valence-corrected chi connectivity index (χ1v) is 7.50. The lowest BCUT2D eigenvalue weighted by molar-refractivity contribution is 0.0637. The van der Waals surface area contributed by atoms with Gasteiger partial charge in [-0.05, 0) is 36.9 Å². The van der Waals surface area contributed by atoms with E-state index in [4.69, 9.17) is 0 Å². The van der Waals surface area contributed by atoms with Crippen molar-refractivity contribution in [1.29, 1.82) is 0 Å². The first kappa shape index (κ1) is 14.7. The van der Waals surface area contributed by atoms with Crippen molar-refractivity contribution in [3.63, 3.8) is 0 Å². The Labute approximate surface area is 128 Å². The molecule has 1 aromatic carbocycles. The summed E-state index contributed by atoms with van der Waals surface area (Å²) in [6.45, 7) is 6.42. The van der Waals surface area contributed by atoms with Crippen LogP contribution in [0, 0.1) is 5.82 Å². The number of hydrogen-bond acceptors (Lipinski definition) is 3. The van der Waals surface area contributed by atoms with E-state index in [-0.39, 0.29) is 11.7 Å². The summed E-state index contributed by atoms with van der Waals surface area (Å²) < 4.78 is 12.9. The van der Waals surface area contributed by atoms with Crippen LogP contribution < -0.4 is 0 Å². The standard InChI is InChI=1S/C16H19FN4O/c1-2-20-7-9-21(10-8-20)16(22)15-11-14(18-19-15)12-3-5-13(17)6-4-12/h3-6,11H,2,7-10H2,1H3,(H,18,19). The highest BCUT2D eigenvalue weighted by atomic mass is 19.1. The second-order valence-corrected chi connectivity index (χ2v) is 5.40. The smallest absolute Gasteiger partial charge is 0.271 e. The molecular formula is C16H19FN4O. The van der Waals surface area contributed by atoms with Gasteiger partial charge in [-0.1, -0.05) is 6.92 Å². The highest BCUT2D eigenvalue weighted by Crippen LogP contribution is 2.19. The minimum Gasteiger partial charge on any atom is -0.335 e. The second kappa shape index (κ2) is 6.27. The van der Waals surface area contributed by atoms with Gasteiger partial charge < -0.3 is 9.80 Å². The summed E-state index contributed by atoms with van der Waals surface area (Å²) >= 11 is 0. The molecule has 0 bridgehead atoms. The third kappa shape index (κ3) is 3.01. The zero-order chi connectivity index (χ0) is 15.5. The summed E-state index contributed by atoms with van der Waals surface area (Å²) in [5.74, 6) is -0.319. The third-order valence-electron chi connectivity index (χ3n) is 4.05. The van der Waals surface area contributed by atoms with Crippen molar-refractivity contribution in [2.75, 3.05) is 32.7 Å². The monoisotopic (exact) mass is 302 g/mol. The number of carbonyl (C=O) groups is 1. The van der Waals surface area contributed by atoms with Crippen molar-refractivity contribution < 1.29 is 9.18 Å². The molecule has 1 fully saturated rings. The lowest BCUT2D eigenvalue weighted by Gasteiger charge is -2.33. The molecule has 3 rings (SSSR count). The molecule has 2 heterocycles. The molecule has 2 aromatic rings. The zero-order valence-electron chi connectivity index (χ0n) is 12.6. The number of benzene rings is 1. The topological polar surface area (TPSA) is 52.2 Å². The molecule has 116 valence electrons. The Bertz CT molecular complexity index is 644. The van der Waals surface area contributed by atoms with Crippen molar-refractivity contribution >= 4 is 5.91 Å². The Morgan fingerprint density at radius 2 is 1.91 bits per heavy atom. The molecule has 1 aliphatic heterocycles. The SMILES string of the molecule is CCN1CCN(C(=O)c2cc(-c3ccc(F)cc3)n[nH]2)CC1. The maximum absolute atomic E-state index is 12.9. The number of H-pyrrole nitrogens is 1. The van der Waals surface area contributed by atoms with Crippen LogP contribution in [-0.4, -0.2) is 58.6 Å². The molecule has 6 heteroatoms. The van der Waals surface area contributed by atoms with Gasteiger partial charge in [-0.3, -0.25) is 9.89 Å². The fraction of sp³-hybridized carbons (Fsp3) is 0.375. The lowest BCUT2D eigenvalue weighted by atomic mass is 10.1. The number of likely N-dealkylation sites (N-methyl/N-ethyl adjacent to an activating group) is 1. The van der Waals surface area contributed by atoms with Gasteiger partial charge in [0.2, 0.25) is 0 Å². The number of hydrogen-bond donors (Lipinski definition) is 1. The molecule has 0 aliphatic carbocycles. The first-order chi connectivity index (χ1) is 10.7. The molecule has 1 aliphatic rings. The van der Waals surface area contributed by atoms with Crippen LogP contribution in [0.5, 0.6) is 0 Å². The highest BCUT2D eigenvalue weighted by Gasteiger charge is 2.22. The maximum Gasteiger partial charge on any atom is 0.271 e. The van der Waals surface area contributed by atoms with E-state index in [1.807, 2.05) is 4.90 Å². The van der Waals surface area contributed by atoms with Crippen molar-refractivity contribution in [1.82, 2.24) is 20.0 Å². The van der Waals surface area contributed by atoms with Gasteiger partial charge in [0, 0.05) is 31.7 Å². The van der Waals surface area contributed by atoms with E-state index < -0.39 is 0 Å². The molecule has 0 radical (unpaired) electrons. The molecule has 0 saturated carbocycles. The van der Waals surface area contributed by atoms with Gasteiger partial charge in [0.25, 0.3) is 5.91 Å². The fourth-order valence-corrected chi connectivity index (χ4v) is 2.64. The summed E-state index contributed by atoms with van der Waals surface area (Å²) in [4.78, 5) is 16.6. The number of halogens is 1. The van der Waals surface area contributed by atoms with Crippen LogP contribution >= 0.6 is 0 Å². The zero-order valence-corrected chi connectivity index (χ0v) is 12.6. The van der Waals surface area contributed by atoms with E-state index in [9.17, 15) is 9.18 Å². The fourth-order valence-electron chi connectivity index (χ4n) is 2.64. The Morgan fingerprint density at radius 1 is 1.23 bits per heavy atom. The Kier molecular flexibility index (Phi) is 4.20. The summed E-state index contributed by atoms with van der Waals surface area (Å²) in [6.07, 6.45) is 0. The van der Waals surface area contributed by atoms with Gasteiger partial charge in [0.05, 0.1) is 5.69 Å². The molecule has 1 amide bonds. The number of aromatic nitrogens is 2. The van der Waals surface area contributed by atoms with Crippen molar-refractivity contribution in [3.05, 3.63) is 41.8 Å². The predicted octanol–water partition coefficient (Wildman–Crippen LogP) is 1.99. The summed E-state index contributed by atoms with van der Waals surface area (Å²) in [5, 5.41) is 6.95. The molecule has 0 spiro atoms. The van der Waals surface area contributed by atoms with Gasteiger partial charge in [-0.2, -0.15) is 5.10 Å². The number of carbonyl (C=O) groups excluding carboxylic acids is 1. The van der Waals surface area contributed by atoms with E-state index in [1.165, 1.54) is 12.1 Å². The number of nitrogens with zero attached hydrogens (tertiary/aromatic N) is 3. The number of amides is 1. The van der Waals surface area contributed by atoms with Gasteiger partial charge in [0.15, 0.2) is 0 Å². The van der Waals surface area contributed by atoms with E-state index >= 15 is 0 Å². The summed E-state index contributed by atoms with van der Waals surface area (Å²) in [7, 11) is 0. The summed E-state index contributed by atoms with van der Waals surface area (Å²) in [6, 6.07) is 7.80. The molecule has 0 unspecified atom stereocenters. The number of nitrogens with one attached hydrogen (secondary N) is 1. The second-order valence-electron chi connectivity index (χ2n) is 5.40. The van der Waals surface area contributed by atoms with Crippen molar-refractivity contribution in [2.24, 2.45) is 0 Å². The Hall–Kier alpha value is -2.21. The van der Waals surface area contributed by atoms with E-state index in [0.29, 0.717) is 11.4 Å². The average molecular weight is 302 g/mol. The van der Waals surface area contributed by atoms with Crippen LogP contribution in [-0.2, 0) is 0 Å². The lowest BCUT2D eigenvalue weighted by Crippen LogP contribution is -2.48. The Morgan fingerprint density at radius 3 is 2.55 bits per heavy atom. The Balaban J connectivity index is 1.71. The molecule has 1 saturated heterocycles. The van der Waals surface area contributed by atoms with Gasteiger partial charge in [-0.15, -0.1) is 0 Å². The van der Waals surface area contributed by atoms with Gasteiger partial charge in [0.1, 0.15) is 11.5 Å². The van der Waals surface area contributed by atoms with E-state index in [0.717, 1.165) is 38.3 Å². The van der Waals surface area contributed by atoms with Crippen LogP contribution in [0.15, 0.2) is 30.3 Å². The molecule has 0 atom stereocenters. The van der Waals surface area contributed by atoms with Crippen LogP contribution in [0.2, 0.25) is 0 Å². The van der Waals surface area contributed by atoms with E-state index in [1.54, 1.807) is 18.2 Å². The largest absolute Gasteiger partial charge is 0.335 e. The minimum atomic E-state index is -0.288. The molecule has 1 aromatic heterocycles. The van der Waals surface area contributed by atoms with Crippen LogP contribution in [0.4, 0.5) is 4.39 Å². The number of aromatic amines is 1. The van der Waals surface area contributed by atoms with Gasteiger partial charge in [-0.25, -0.2) is 4.39 Å². The summed E-state index contributed by atoms with van der Waals surface area (Å²) in [5.41, 5.74) is 1.91. The molecule has 5 nitrogen and oxygen atoms in total. The first-order valence-electron chi connectivity index (χ1n) is 7.50. The molecule has 1 N–H and O–H groups in total. The third-order valence-corrected chi connectivity index (χ3v) is 4.05. The molecular weight excluding hydrogens is 283 g/mol. The normalized spacial score (nSPS) is 16.0. The number of piperazine rings is 1. The van der Waals surface area contributed by atoms with Crippen LogP contribution in [0.1, 0.15) is 17.4 Å².